The Bertz CT molecular complexity index is 129. The molecule has 0 spiro atoms. The first-order chi connectivity index (χ1) is 4.33. The standard InChI is InChI=1S/C7H12N2/c1-3-9-5-4-8-7(2)6-9/h3,8H,1-2,4-6H2. The van der Waals surface area contributed by atoms with Crippen LogP contribution in [0.15, 0.2) is 25.1 Å². The van der Waals surface area contributed by atoms with Crippen LogP contribution in [0.25, 0.3) is 0 Å². The van der Waals surface area contributed by atoms with Gasteiger partial charge in [0.1, 0.15) is 0 Å². The Morgan fingerprint density at radius 1 is 1.67 bits per heavy atom. The molecule has 1 aliphatic heterocycles. The molecule has 1 fully saturated rings. The maximum Gasteiger partial charge on any atom is 0.0565 e. The normalized spacial score (nSPS) is 19.1. The second kappa shape index (κ2) is 2.58. The predicted octanol–water partition coefficient (Wildman–Crippen LogP) is 0.549. The molecule has 0 bridgehead atoms. The number of nitrogens with one attached hydrogen (secondary N) is 1. The van der Waals surface area contributed by atoms with E-state index >= 15 is 0 Å². The van der Waals surface area contributed by atoms with Gasteiger partial charge in [0, 0.05) is 18.8 Å². The van der Waals surface area contributed by atoms with Gasteiger partial charge in [0.15, 0.2) is 0 Å². The zero-order valence-corrected chi connectivity index (χ0v) is 5.56. The van der Waals surface area contributed by atoms with Gasteiger partial charge in [-0.05, 0) is 6.20 Å². The second-order valence-electron chi connectivity index (χ2n) is 2.18. The fraction of sp³-hybridized carbons (Fsp3) is 0.429. The average molecular weight is 124 g/mol. The van der Waals surface area contributed by atoms with Crippen LogP contribution in [0.4, 0.5) is 0 Å². The predicted molar refractivity (Wildman–Crippen MR) is 38.9 cm³/mol. The smallest absolute Gasteiger partial charge is 0.0565 e. The van der Waals surface area contributed by atoms with Crippen molar-refractivity contribution >= 4 is 0 Å². The molecule has 9 heavy (non-hydrogen) atoms. The molecular weight excluding hydrogens is 112 g/mol. The summed E-state index contributed by atoms with van der Waals surface area (Å²) >= 11 is 0. The Morgan fingerprint density at radius 2 is 2.44 bits per heavy atom. The van der Waals surface area contributed by atoms with Gasteiger partial charge in [-0.3, -0.25) is 0 Å². The number of rotatable bonds is 1. The minimum Gasteiger partial charge on any atom is -0.386 e. The van der Waals surface area contributed by atoms with Crippen LogP contribution in [0, 0.1) is 0 Å². The lowest BCUT2D eigenvalue weighted by Gasteiger charge is -2.27. The third-order valence-electron chi connectivity index (χ3n) is 1.43. The molecule has 0 aromatic carbocycles. The van der Waals surface area contributed by atoms with Crippen LogP contribution in [-0.2, 0) is 0 Å². The fourth-order valence-corrected chi connectivity index (χ4v) is 0.912. The highest BCUT2D eigenvalue weighted by Gasteiger charge is 2.05. The van der Waals surface area contributed by atoms with E-state index in [-0.39, 0.29) is 0 Å². The molecule has 0 atom stereocenters. The van der Waals surface area contributed by atoms with Crippen LogP contribution < -0.4 is 5.32 Å². The Labute approximate surface area is 55.9 Å². The molecule has 0 aromatic heterocycles. The Kier molecular flexibility index (Phi) is 1.78. The van der Waals surface area contributed by atoms with Crippen molar-refractivity contribution in [3.8, 4) is 0 Å². The molecule has 1 aliphatic rings. The third kappa shape index (κ3) is 1.49. The molecule has 0 amide bonds. The molecule has 1 heterocycles. The summed E-state index contributed by atoms with van der Waals surface area (Å²) in [5.74, 6) is 0. The summed E-state index contributed by atoms with van der Waals surface area (Å²) in [6.45, 7) is 10.4. The van der Waals surface area contributed by atoms with E-state index in [2.05, 4.69) is 23.4 Å². The summed E-state index contributed by atoms with van der Waals surface area (Å²) in [6.07, 6.45) is 1.85. The average Bonchev–Trinajstić information content (AvgIpc) is 1.88. The van der Waals surface area contributed by atoms with Gasteiger partial charge in [-0.15, -0.1) is 0 Å². The Morgan fingerprint density at radius 3 is 2.89 bits per heavy atom. The lowest BCUT2D eigenvalue weighted by molar-refractivity contribution is 0.361. The molecule has 0 radical (unpaired) electrons. The number of nitrogens with zero attached hydrogens (tertiary/aromatic N) is 1. The Balaban J connectivity index is 2.40. The maximum atomic E-state index is 3.81. The van der Waals surface area contributed by atoms with Gasteiger partial charge in [-0.2, -0.15) is 0 Å². The van der Waals surface area contributed by atoms with E-state index in [0.717, 1.165) is 25.3 Å². The summed E-state index contributed by atoms with van der Waals surface area (Å²) in [6, 6.07) is 0. The highest BCUT2D eigenvalue weighted by Crippen LogP contribution is 1.98. The van der Waals surface area contributed by atoms with Crippen molar-refractivity contribution in [2.45, 2.75) is 0 Å². The zero-order valence-electron chi connectivity index (χ0n) is 5.56. The van der Waals surface area contributed by atoms with Crippen LogP contribution in [0.1, 0.15) is 0 Å². The van der Waals surface area contributed by atoms with E-state index in [9.17, 15) is 0 Å². The van der Waals surface area contributed by atoms with E-state index < -0.39 is 0 Å². The van der Waals surface area contributed by atoms with Crippen molar-refractivity contribution in [1.29, 1.82) is 0 Å². The van der Waals surface area contributed by atoms with Crippen molar-refractivity contribution in [1.82, 2.24) is 10.2 Å². The lowest BCUT2D eigenvalue weighted by Crippen LogP contribution is -2.38. The summed E-state index contributed by atoms with van der Waals surface area (Å²) in [4.78, 5) is 2.14. The van der Waals surface area contributed by atoms with Gasteiger partial charge >= 0.3 is 0 Å². The van der Waals surface area contributed by atoms with Gasteiger partial charge < -0.3 is 10.2 Å². The molecular formula is C7H12N2. The van der Waals surface area contributed by atoms with Crippen molar-refractivity contribution in [3.63, 3.8) is 0 Å². The first kappa shape index (κ1) is 6.20. The van der Waals surface area contributed by atoms with Gasteiger partial charge in [0.05, 0.1) is 6.54 Å². The highest BCUT2D eigenvalue weighted by atomic mass is 15.2. The number of piperazine rings is 1. The molecule has 2 heteroatoms. The number of hydrogen-bond acceptors (Lipinski definition) is 2. The fourth-order valence-electron chi connectivity index (χ4n) is 0.912. The molecule has 50 valence electrons. The Hall–Kier alpha value is -0.920. The summed E-state index contributed by atoms with van der Waals surface area (Å²) < 4.78 is 0. The molecule has 0 aliphatic carbocycles. The summed E-state index contributed by atoms with van der Waals surface area (Å²) in [5.41, 5.74) is 1.08. The largest absolute Gasteiger partial charge is 0.386 e. The topological polar surface area (TPSA) is 15.3 Å². The third-order valence-corrected chi connectivity index (χ3v) is 1.43. The van der Waals surface area contributed by atoms with Crippen molar-refractivity contribution in [2.75, 3.05) is 19.6 Å². The van der Waals surface area contributed by atoms with E-state index in [1.807, 2.05) is 6.20 Å². The zero-order chi connectivity index (χ0) is 6.69. The molecule has 0 aromatic rings. The minimum absolute atomic E-state index is 0.906. The number of hydrogen-bond donors (Lipinski definition) is 1. The van der Waals surface area contributed by atoms with E-state index in [4.69, 9.17) is 0 Å². The van der Waals surface area contributed by atoms with Crippen LogP contribution in [0.2, 0.25) is 0 Å². The maximum absolute atomic E-state index is 3.81. The van der Waals surface area contributed by atoms with Gasteiger partial charge in [-0.1, -0.05) is 13.2 Å². The van der Waals surface area contributed by atoms with Crippen LogP contribution in [-0.4, -0.2) is 24.5 Å². The monoisotopic (exact) mass is 124 g/mol. The first-order valence-electron chi connectivity index (χ1n) is 3.11. The molecule has 1 rings (SSSR count). The van der Waals surface area contributed by atoms with Gasteiger partial charge in [-0.25, -0.2) is 0 Å². The first-order valence-corrected chi connectivity index (χ1v) is 3.11. The van der Waals surface area contributed by atoms with Crippen LogP contribution >= 0.6 is 0 Å². The van der Waals surface area contributed by atoms with E-state index in [1.54, 1.807) is 0 Å². The summed E-state index contributed by atoms with van der Waals surface area (Å²) in [7, 11) is 0. The summed E-state index contributed by atoms with van der Waals surface area (Å²) in [5, 5.41) is 3.16. The second-order valence-corrected chi connectivity index (χ2v) is 2.18. The van der Waals surface area contributed by atoms with Crippen molar-refractivity contribution < 1.29 is 0 Å². The molecule has 2 nitrogen and oxygen atoms in total. The van der Waals surface area contributed by atoms with E-state index in [1.165, 1.54) is 0 Å². The minimum atomic E-state index is 0.906. The molecule has 1 N–H and O–H groups in total. The molecule has 0 saturated carbocycles. The van der Waals surface area contributed by atoms with Gasteiger partial charge in [0.2, 0.25) is 0 Å². The molecule has 1 saturated heterocycles. The quantitative estimate of drug-likeness (QED) is 0.549. The van der Waals surface area contributed by atoms with Crippen LogP contribution in [0.5, 0.6) is 0 Å². The van der Waals surface area contributed by atoms with Gasteiger partial charge in [0.25, 0.3) is 0 Å². The van der Waals surface area contributed by atoms with Crippen molar-refractivity contribution in [2.24, 2.45) is 0 Å². The highest BCUT2D eigenvalue weighted by molar-refractivity contribution is 5.00. The van der Waals surface area contributed by atoms with E-state index in [0.29, 0.717) is 0 Å². The van der Waals surface area contributed by atoms with Crippen molar-refractivity contribution in [3.05, 3.63) is 25.1 Å². The van der Waals surface area contributed by atoms with Crippen LogP contribution in [0.3, 0.4) is 0 Å². The molecule has 0 unspecified atom stereocenters. The SMILES string of the molecule is C=CN1CCNC(=C)C1. The lowest BCUT2D eigenvalue weighted by atomic mass is 10.3.